The van der Waals surface area contributed by atoms with Gasteiger partial charge in [-0.3, -0.25) is 0 Å². The van der Waals surface area contributed by atoms with Gasteiger partial charge in [0.05, 0.1) is 5.69 Å². The summed E-state index contributed by atoms with van der Waals surface area (Å²) in [6.07, 6.45) is 5.26. The predicted molar refractivity (Wildman–Crippen MR) is 55.9 cm³/mol. The van der Waals surface area contributed by atoms with Gasteiger partial charge in [-0.2, -0.15) is 0 Å². The summed E-state index contributed by atoms with van der Waals surface area (Å²) < 4.78 is 0. The third-order valence-electron chi connectivity index (χ3n) is 2.22. The highest BCUT2D eigenvalue weighted by molar-refractivity contribution is 7.80. The molecule has 2 rings (SSSR count). The third-order valence-corrected chi connectivity index (χ3v) is 2.56. The van der Waals surface area contributed by atoms with Crippen LogP contribution < -0.4 is 0 Å². The van der Waals surface area contributed by atoms with Crippen LogP contribution >= 0.6 is 12.6 Å². The van der Waals surface area contributed by atoms with Crippen molar-refractivity contribution in [3.8, 4) is 0 Å². The molecule has 1 aromatic heterocycles. The monoisotopic (exact) mass is 192 g/mol. The van der Waals surface area contributed by atoms with Crippen LogP contribution in [0.1, 0.15) is 24.0 Å². The fourth-order valence-electron chi connectivity index (χ4n) is 1.58. The van der Waals surface area contributed by atoms with E-state index in [-0.39, 0.29) is 0 Å². The summed E-state index contributed by atoms with van der Waals surface area (Å²) in [6.45, 7) is 4.10. The van der Waals surface area contributed by atoms with Crippen LogP contribution in [0.15, 0.2) is 11.1 Å². The molecular weight excluding hydrogens is 180 g/mol. The first-order valence-corrected chi connectivity index (χ1v) is 4.86. The van der Waals surface area contributed by atoms with Gasteiger partial charge in [0, 0.05) is 5.56 Å². The highest BCUT2D eigenvalue weighted by atomic mass is 32.1. The van der Waals surface area contributed by atoms with E-state index in [1.54, 1.807) is 0 Å². The van der Waals surface area contributed by atoms with Gasteiger partial charge in [0.15, 0.2) is 0 Å². The highest BCUT2D eigenvalue weighted by Gasteiger charge is 2.14. The summed E-state index contributed by atoms with van der Waals surface area (Å²) in [7, 11) is 0. The molecule has 0 aliphatic heterocycles. The van der Waals surface area contributed by atoms with Crippen molar-refractivity contribution in [3.63, 3.8) is 0 Å². The summed E-state index contributed by atoms with van der Waals surface area (Å²) in [4.78, 5) is 8.63. The van der Waals surface area contributed by atoms with Gasteiger partial charge in [-0.15, -0.1) is 12.6 Å². The number of fused-ring (bicyclic) bond motifs is 1. The molecule has 2 nitrogen and oxygen atoms in total. The zero-order valence-corrected chi connectivity index (χ0v) is 8.68. The molecule has 1 aromatic rings. The predicted octanol–water partition coefficient (Wildman–Crippen LogP) is 2.28. The molecule has 0 saturated heterocycles. The van der Waals surface area contributed by atoms with E-state index in [1.807, 2.05) is 6.92 Å². The number of allylic oxidation sites excluding steroid dienone is 1. The zero-order chi connectivity index (χ0) is 9.42. The molecule has 0 aromatic carbocycles. The lowest BCUT2D eigenvalue weighted by molar-refractivity contribution is 0.685. The minimum atomic E-state index is 0.578. The SMILES string of the molecule is Cc1nc(S)c2c(n1)CC(C)C=C2. The third kappa shape index (κ3) is 1.61. The second-order valence-corrected chi connectivity index (χ2v) is 3.92. The molecule has 68 valence electrons. The lowest BCUT2D eigenvalue weighted by Gasteiger charge is -2.15. The molecule has 1 heterocycles. The van der Waals surface area contributed by atoms with Crippen LogP contribution in [0.2, 0.25) is 0 Å². The van der Waals surface area contributed by atoms with E-state index in [9.17, 15) is 0 Å². The van der Waals surface area contributed by atoms with Crippen molar-refractivity contribution in [2.75, 3.05) is 0 Å². The van der Waals surface area contributed by atoms with Gasteiger partial charge in [-0.1, -0.05) is 19.1 Å². The average molecular weight is 192 g/mol. The lowest BCUT2D eigenvalue weighted by atomic mass is 9.96. The second-order valence-electron chi connectivity index (χ2n) is 3.50. The maximum absolute atomic E-state index is 4.41. The summed E-state index contributed by atoms with van der Waals surface area (Å²) in [5, 5.41) is 0.797. The number of hydrogen-bond donors (Lipinski definition) is 1. The van der Waals surface area contributed by atoms with Gasteiger partial charge >= 0.3 is 0 Å². The van der Waals surface area contributed by atoms with Gasteiger partial charge in [0.25, 0.3) is 0 Å². The number of thiol groups is 1. The Morgan fingerprint density at radius 1 is 1.46 bits per heavy atom. The van der Waals surface area contributed by atoms with Crippen LogP contribution in [0.5, 0.6) is 0 Å². The number of aromatic nitrogens is 2. The fourth-order valence-corrected chi connectivity index (χ4v) is 1.93. The Balaban J connectivity index is 2.56. The van der Waals surface area contributed by atoms with Gasteiger partial charge < -0.3 is 0 Å². The largest absolute Gasteiger partial charge is 0.238 e. The number of nitrogens with zero attached hydrogens (tertiary/aromatic N) is 2. The van der Waals surface area contributed by atoms with E-state index in [4.69, 9.17) is 0 Å². The molecule has 13 heavy (non-hydrogen) atoms. The van der Waals surface area contributed by atoms with Crippen molar-refractivity contribution < 1.29 is 0 Å². The van der Waals surface area contributed by atoms with Crippen molar-refractivity contribution in [1.29, 1.82) is 0 Å². The minimum Gasteiger partial charge on any atom is -0.238 e. The molecule has 1 aliphatic carbocycles. The topological polar surface area (TPSA) is 25.8 Å². The van der Waals surface area contributed by atoms with E-state index >= 15 is 0 Å². The molecule has 1 atom stereocenters. The van der Waals surface area contributed by atoms with Gasteiger partial charge in [0.2, 0.25) is 0 Å². The Hall–Kier alpha value is -0.830. The van der Waals surface area contributed by atoms with Crippen molar-refractivity contribution >= 4 is 18.7 Å². The number of hydrogen-bond acceptors (Lipinski definition) is 3. The van der Waals surface area contributed by atoms with Gasteiger partial charge in [-0.25, -0.2) is 9.97 Å². The smallest absolute Gasteiger partial charge is 0.126 e. The quantitative estimate of drug-likeness (QED) is 0.504. The van der Waals surface area contributed by atoms with E-state index in [0.29, 0.717) is 5.92 Å². The van der Waals surface area contributed by atoms with Crippen molar-refractivity contribution in [1.82, 2.24) is 9.97 Å². The van der Waals surface area contributed by atoms with Crippen molar-refractivity contribution in [2.24, 2.45) is 5.92 Å². The van der Waals surface area contributed by atoms with Crippen LogP contribution in [-0.2, 0) is 6.42 Å². The van der Waals surface area contributed by atoms with E-state index in [0.717, 1.165) is 28.5 Å². The van der Waals surface area contributed by atoms with Crippen molar-refractivity contribution in [3.05, 3.63) is 23.2 Å². The molecule has 0 saturated carbocycles. The molecule has 0 spiro atoms. The molecule has 0 bridgehead atoms. The fraction of sp³-hybridized carbons (Fsp3) is 0.400. The number of aryl methyl sites for hydroxylation is 1. The summed E-state index contributed by atoms with van der Waals surface area (Å²) >= 11 is 4.33. The molecule has 1 aliphatic rings. The van der Waals surface area contributed by atoms with Crippen LogP contribution in [-0.4, -0.2) is 9.97 Å². The Bertz CT molecular complexity index is 371. The summed E-state index contributed by atoms with van der Waals surface area (Å²) in [5.74, 6) is 1.39. The highest BCUT2D eigenvalue weighted by Crippen LogP contribution is 2.24. The molecule has 1 unspecified atom stereocenters. The number of rotatable bonds is 0. The molecule has 0 fully saturated rings. The van der Waals surface area contributed by atoms with Crippen LogP contribution in [0.25, 0.3) is 6.08 Å². The van der Waals surface area contributed by atoms with Gasteiger partial charge in [0.1, 0.15) is 10.9 Å². The van der Waals surface area contributed by atoms with Crippen molar-refractivity contribution in [2.45, 2.75) is 25.3 Å². The molecule has 3 heteroatoms. The normalized spacial score (nSPS) is 20.1. The molecule has 0 N–H and O–H groups in total. The standard InChI is InChI=1S/C10H12N2S/c1-6-3-4-8-9(5-6)11-7(2)12-10(8)13/h3-4,6H,5H2,1-2H3,(H,11,12,13). The molecular formula is C10H12N2S. The minimum absolute atomic E-state index is 0.578. The van der Waals surface area contributed by atoms with E-state index < -0.39 is 0 Å². The Kier molecular flexibility index (Phi) is 2.12. The van der Waals surface area contributed by atoms with Crippen LogP contribution in [0, 0.1) is 12.8 Å². The first kappa shape index (κ1) is 8.75. The zero-order valence-electron chi connectivity index (χ0n) is 7.78. The lowest BCUT2D eigenvalue weighted by Crippen LogP contribution is -2.08. The first-order chi connectivity index (χ1) is 6.16. The Morgan fingerprint density at radius 3 is 3.00 bits per heavy atom. The van der Waals surface area contributed by atoms with E-state index in [1.165, 1.54) is 0 Å². The second kappa shape index (κ2) is 3.14. The Labute approximate surface area is 83.5 Å². The maximum atomic E-state index is 4.41. The summed E-state index contributed by atoms with van der Waals surface area (Å²) in [5.41, 5.74) is 2.22. The average Bonchev–Trinajstić information content (AvgIpc) is 2.02. The molecule has 0 amide bonds. The van der Waals surface area contributed by atoms with Gasteiger partial charge in [-0.05, 0) is 19.3 Å². The Morgan fingerprint density at radius 2 is 2.23 bits per heavy atom. The summed E-state index contributed by atoms with van der Waals surface area (Å²) in [6, 6.07) is 0. The van der Waals surface area contributed by atoms with Crippen LogP contribution in [0.4, 0.5) is 0 Å². The molecule has 0 radical (unpaired) electrons. The van der Waals surface area contributed by atoms with Crippen LogP contribution in [0.3, 0.4) is 0 Å². The maximum Gasteiger partial charge on any atom is 0.126 e. The van der Waals surface area contributed by atoms with E-state index in [2.05, 4.69) is 41.7 Å². The first-order valence-electron chi connectivity index (χ1n) is 4.41.